The molecule has 0 bridgehead atoms. The molecule has 20 heavy (non-hydrogen) atoms. The zero-order valence-corrected chi connectivity index (χ0v) is 13.8. The zero-order valence-electron chi connectivity index (χ0n) is 12.2. The summed E-state index contributed by atoms with van der Waals surface area (Å²) < 4.78 is 14.7. The highest BCUT2D eigenvalue weighted by molar-refractivity contribution is 9.10. The molecule has 1 aliphatic heterocycles. The molecule has 1 aromatic rings. The second-order valence-corrected chi connectivity index (χ2v) is 6.51. The Morgan fingerprint density at radius 3 is 2.80 bits per heavy atom. The van der Waals surface area contributed by atoms with Gasteiger partial charge in [0.1, 0.15) is 5.82 Å². The summed E-state index contributed by atoms with van der Waals surface area (Å²) >= 11 is 3.40. The van der Waals surface area contributed by atoms with E-state index in [-0.39, 0.29) is 11.9 Å². The van der Waals surface area contributed by atoms with Crippen LogP contribution in [0, 0.1) is 5.82 Å². The fourth-order valence-corrected chi connectivity index (χ4v) is 3.14. The van der Waals surface area contributed by atoms with Gasteiger partial charge in [-0.1, -0.05) is 22.4 Å². The molecule has 0 amide bonds. The van der Waals surface area contributed by atoms with Gasteiger partial charge in [0, 0.05) is 16.1 Å². The van der Waals surface area contributed by atoms with Crippen LogP contribution in [-0.2, 0) is 0 Å². The molecule has 2 nitrogen and oxygen atoms in total. The van der Waals surface area contributed by atoms with Gasteiger partial charge in [0.05, 0.1) is 0 Å². The first-order valence-corrected chi connectivity index (χ1v) is 8.37. The van der Waals surface area contributed by atoms with Gasteiger partial charge in [-0.25, -0.2) is 4.39 Å². The van der Waals surface area contributed by atoms with Gasteiger partial charge in [0.15, 0.2) is 0 Å². The Hall–Kier alpha value is -0.450. The first-order chi connectivity index (χ1) is 9.66. The van der Waals surface area contributed by atoms with Crippen LogP contribution in [0.15, 0.2) is 22.7 Å². The summed E-state index contributed by atoms with van der Waals surface area (Å²) in [7, 11) is 0. The van der Waals surface area contributed by atoms with Crippen LogP contribution in [-0.4, -0.2) is 31.1 Å². The standard InChI is InChI=1S/C16H24BrFN2/c1-13(15-12-14(17)6-7-16(15)18)19-8-5-11-20-9-3-2-4-10-20/h6-7,12-13,19H,2-5,8-11H2,1H3. The molecule has 4 heteroatoms. The minimum Gasteiger partial charge on any atom is -0.310 e. The van der Waals surface area contributed by atoms with Gasteiger partial charge in [-0.2, -0.15) is 0 Å². The van der Waals surface area contributed by atoms with E-state index in [2.05, 4.69) is 26.1 Å². The molecule has 1 aliphatic rings. The van der Waals surface area contributed by atoms with Crippen LogP contribution in [0.4, 0.5) is 4.39 Å². The van der Waals surface area contributed by atoms with Gasteiger partial charge in [0.25, 0.3) is 0 Å². The van der Waals surface area contributed by atoms with Crippen molar-refractivity contribution in [1.29, 1.82) is 0 Å². The number of piperidine rings is 1. The van der Waals surface area contributed by atoms with Crippen LogP contribution in [0.5, 0.6) is 0 Å². The third kappa shape index (κ3) is 4.83. The molecule has 1 saturated heterocycles. The van der Waals surface area contributed by atoms with E-state index in [1.807, 2.05) is 13.0 Å². The van der Waals surface area contributed by atoms with E-state index in [1.165, 1.54) is 38.4 Å². The molecule has 1 aromatic carbocycles. The summed E-state index contributed by atoms with van der Waals surface area (Å²) in [5, 5.41) is 3.42. The lowest BCUT2D eigenvalue weighted by Crippen LogP contribution is -2.32. The maximum Gasteiger partial charge on any atom is 0.128 e. The van der Waals surface area contributed by atoms with Crippen molar-refractivity contribution >= 4 is 15.9 Å². The van der Waals surface area contributed by atoms with Gasteiger partial charge >= 0.3 is 0 Å². The lowest BCUT2D eigenvalue weighted by atomic mass is 10.1. The fourth-order valence-electron chi connectivity index (χ4n) is 2.76. The third-order valence-electron chi connectivity index (χ3n) is 3.97. The van der Waals surface area contributed by atoms with Crippen molar-refractivity contribution in [1.82, 2.24) is 10.2 Å². The van der Waals surface area contributed by atoms with Crippen molar-refractivity contribution in [2.45, 2.75) is 38.6 Å². The molecule has 1 unspecified atom stereocenters. The first kappa shape index (κ1) is 15.9. The Labute approximate surface area is 129 Å². The number of rotatable bonds is 6. The van der Waals surface area contributed by atoms with Gasteiger partial charge in [-0.05, 0) is 70.6 Å². The normalized spacial score (nSPS) is 18.1. The zero-order chi connectivity index (χ0) is 14.4. The molecular weight excluding hydrogens is 319 g/mol. The monoisotopic (exact) mass is 342 g/mol. The van der Waals surface area contributed by atoms with Crippen molar-refractivity contribution in [2.24, 2.45) is 0 Å². The van der Waals surface area contributed by atoms with E-state index in [4.69, 9.17) is 0 Å². The molecule has 0 radical (unpaired) electrons. The Kier molecular flexibility index (Phi) is 6.46. The molecule has 112 valence electrons. The van der Waals surface area contributed by atoms with Crippen molar-refractivity contribution in [3.8, 4) is 0 Å². The molecule has 1 atom stereocenters. The van der Waals surface area contributed by atoms with Crippen molar-refractivity contribution < 1.29 is 4.39 Å². The molecular formula is C16H24BrFN2. The van der Waals surface area contributed by atoms with Crippen molar-refractivity contribution in [3.63, 3.8) is 0 Å². The number of hydrogen-bond donors (Lipinski definition) is 1. The molecule has 0 aromatic heterocycles. The highest BCUT2D eigenvalue weighted by Gasteiger charge is 2.12. The predicted molar refractivity (Wildman–Crippen MR) is 85.4 cm³/mol. The third-order valence-corrected chi connectivity index (χ3v) is 4.47. The number of nitrogens with zero attached hydrogens (tertiary/aromatic N) is 1. The number of nitrogens with one attached hydrogen (secondary N) is 1. The first-order valence-electron chi connectivity index (χ1n) is 7.57. The van der Waals surface area contributed by atoms with Crippen LogP contribution in [0.2, 0.25) is 0 Å². The Balaban J connectivity index is 1.71. The second kappa shape index (κ2) is 8.11. The average Bonchev–Trinajstić information content (AvgIpc) is 2.47. The van der Waals surface area contributed by atoms with Crippen LogP contribution >= 0.6 is 15.9 Å². The number of halogens is 2. The molecule has 1 heterocycles. The van der Waals surface area contributed by atoms with Gasteiger partial charge in [-0.15, -0.1) is 0 Å². The fraction of sp³-hybridized carbons (Fsp3) is 0.625. The Morgan fingerprint density at radius 2 is 2.05 bits per heavy atom. The SMILES string of the molecule is CC(NCCCN1CCCCC1)c1cc(Br)ccc1F. The Bertz CT molecular complexity index is 419. The summed E-state index contributed by atoms with van der Waals surface area (Å²) in [5.41, 5.74) is 0.734. The Morgan fingerprint density at radius 1 is 1.30 bits per heavy atom. The van der Waals surface area contributed by atoms with E-state index < -0.39 is 0 Å². The lowest BCUT2D eigenvalue weighted by Gasteiger charge is -2.26. The summed E-state index contributed by atoms with van der Waals surface area (Å²) in [6.45, 7) is 6.60. The molecule has 0 saturated carbocycles. The number of hydrogen-bond acceptors (Lipinski definition) is 2. The summed E-state index contributed by atoms with van der Waals surface area (Å²) in [6, 6.07) is 5.17. The maximum atomic E-state index is 13.8. The van der Waals surface area contributed by atoms with Gasteiger partial charge in [-0.3, -0.25) is 0 Å². The van der Waals surface area contributed by atoms with Crippen LogP contribution in [0.1, 0.15) is 44.2 Å². The van der Waals surface area contributed by atoms with E-state index in [0.717, 1.165) is 29.5 Å². The van der Waals surface area contributed by atoms with Crippen LogP contribution in [0.3, 0.4) is 0 Å². The molecule has 0 spiro atoms. The maximum absolute atomic E-state index is 13.8. The lowest BCUT2D eigenvalue weighted by molar-refractivity contribution is 0.225. The molecule has 2 rings (SSSR count). The van der Waals surface area contributed by atoms with Crippen molar-refractivity contribution in [2.75, 3.05) is 26.2 Å². The number of benzene rings is 1. The summed E-state index contributed by atoms with van der Waals surface area (Å²) in [5.74, 6) is -0.135. The highest BCUT2D eigenvalue weighted by atomic mass is 79.9. The summed E-state index contributed by atoms with van der Waals surface area (Å²) in [6.07, 6.45) is 5.19. The second-order valence-electron chi connectivity index (χ2n) is 5.60. The molecule has 0 aliphatic carbocycles. The average molecular weight is 343 g/mol. The highest BCUT2D eigenvalue weighted by Crippen LogP contribution is 2.21. The smallest absolute Gasteiger partial charge is 0.128 e. The largest absolute Gasteiger partial charge is 0.310 e. The number of likely N-dealkylation sites (tertiary alicyclic amines) is 1. The minimum atomic E-state index is -0.135. The van der Waals surface area contributed by atoms with E-state index in [9.17, 15) is 4.39 Å². The quantitative estimate of drug-likeness (QED) is 0.782. The van der Waals surface area contributed by atoms with Gasteiger partial charge in [0.2, 0.25) is 0 Å². The topological polar surface area (TPSA) is 15.3 Å². The molecule has 1 fully saturated rings. The molecule has 1 N–H and O–H groups in total. The minimum absolute atomic E-state index is 0.0499. The van der Waals surface area contributed by atoms with E-state index in [0.29, 0.717) is 0 Å². The van der Waals surface area contributed by atoms with E-state index in [1.54, 1.807) is 6.07 Å². The van der Waals surface area contributed by atoms with E-state index >= 15 is 0 Å². The summed E-state index contributed by atoms with van der Waals surface area (Å²) in [4.78, 5) is 2.54. The van der Waals surface area contributed by atoms with Gasteiger partial charge < -0.3 is 10.2 Å². The predicted octanol–water partition coefficient (Wildman–Crippen LogP) is 4.11. The van der Waals surface area contributed by atoms with Crippen molar-refractivity contribution in [3.05, 3.63) is 34.1 Å². The van der Waals surface area contributed by atoms with Crippen LogP contribution in [0.25, 0.3) is 0 Å². The van der Waals surface area contributed by atoms with Crippen LogP contribution < -0.4 is 5.32 Å².